The highest BCUT2D eigenvalue weighted by Gasteiger charge is 1.86. The molecule has 0 saturated carbocycles. The Bertz CT molecular complexity index is 198. The van der Waals surface area contributed by atoms with Crippen molar-refractivity contribution in [3.63, 3.8) is 0 Å². The van der Waals surface area contributed by atoms with Gasteiger partial charge in [0.15, 0.2) is 0 Å². The average molecular weight is 140 g/mol. The van der Waals surface area contributed by atoms with Gasteiger partial charge in [-0.15, -0.1) is 9.24 Å². The lowest BCUT2D eigenvalue weighted by Crippen LogP contribution is -1.90. The maximum atomic E-state index is 4.98. The van der Waals surface area contributed by atoms with Gasteiger partial charge >= 0.3 is 0 Å². The van der Waals surface area contributed by atoms with Crippen LogP contribution in [0.3, 0.4) is 0 Å². The highest BCUT2D eigenvalue weighted by atomic mass is 31.0. The first-order valence-electron chi connectivity index (χ1n) is 2.72. The lowest BCUT2D eigenvalue weighted by molar-refractivity contribution is 0.415. The third kappa shape index (κ3) is 1.69. The minimum absolute atomic E-state index is 0.905. The Morgan fingerprint density at radius 3 is 2.67 bits per heavy atom. The van der Waals surface area contributed by atoms with E-state index in [9.17, 15) is 0 Å². The van der Waals surface area contributed by atoms with Gasteiger partial charge in [0, 0.05) is 0 Å². The molecule has 0 aliphatic heterocycles. The minimum atomic E-state index is 0.905. The highest BCUT2D eigenvalue weighted by molar-refractivity contribution is 7.27. The number of benzene rings is 1. The molecule has 2 heteroatoms. The second-order valence-corrected chi connectivity index (χ2v) is 2.44. The van der Waals surface area contributed by atoms with E-state index in [4.69, 9.17) is 4.74 Å². The molecule has 1 rings (SSSR count). The van der Waals surface area contributed by atoms with Crippen molar-refractivity contribution in [1.82, 2.24) is 0 Å². The van der Waals surface area contributed by atoms with Gasteiger partial charge in [0.05, 0.1) is 7.11 Å². The molecule has 0 N–H and O–H groups in total. The molecule has 1 atom stereocenters. The SMILES string of the molecule is COc1cccc(P)c1. The van der Waals surface area contributed by atoms with E-state index in [2.05, 4.69) is 9.24 Å². The zero-order valence-corrected chi connectivity index (χ0v) is 6.45. The molecule has 0 saturated heterocycles. The second kappa shape index (κ2) is 2.84. The summed E-state index contributed by atoms with van der Waals surface area (Å²) in [5.74, 6) is 0.905. The van der Waals surface area contributed by atoms with Crippen LogP contribution in [0.15, 0.2) is 24.3 Å². The standard InChI is InChI=1S/C7H9OP/c1-8-6-3-2-4-7(9)5-6/h2-5H,9H2,1H3. The Balaban J connectivity index is 2.94. The Morgan fingerprint density at radius 2 is 2.22 bits per heavy atom. The third-order valence-corrected chi connectivity index (χ3v) is 1.45. The molecular weight excluding hydrogens is 131 g/mol. The summed E-state index contributed by atoms with van der Waals surface area (Å²) in [6, 6.07) is 7.85. The van der Waals surface area contributed by atoms with Gasteiger partial charge in [0.2, 0.25) is 0 Å². The van der Waals surface area contributed by atoms with Crippen molar-refractivity contribution >= 4 is 14.5 Å². The summed E-state index contributed by atoms with van der Waals surface area (Å²) in [4.78, 5) is 0. The topological polar surface area (TPSA) is 9.23 Å². The molecule has 0 amide bonds. The monoisotopic (exact) mass is 140 g/mol. The van der Waals surface area contributed by atoms with Crippen LogP contribution in [-0.4, -0.2) is 7.11 Å². The molecule has 48 valence electrons. The predicted octanol–water partition coefficient (Wildman–Crippen LogP) is 1.20. The summed E-state index contributed by atoms with van der Waals surface area (Å²) >= 11 is 0. The fourth-order valence-corrected chi connectivity index (χ4v) is 0.917. The van der Waals surface area contributed by atoms with Gasteiger partial charge in [-0.25, -0.2) is 0 Å². The average Bonchev–Trinajstić information content (AvgIpc) is 1.88. The molecule has 0 spiro atoms. The van der Waals surface area contributed by atoms with Crippen LogP contribution in [0.2, 0.25) is 0 Å². The van der Waals surface area contributed by atoms with E-state index >= 15 is 0 Å². The molecule has 0 aliphatic carbocycles. The van der Waals surface area contributed by atoms with E-state index in [0.29, 0.717) is 0 Å². The summed E-state index contributed by atoms with van der Waals surface area (Å²) in [5, 5.41) is 1.15. The van der Waals surface area contributed by atoms with Gasteiger partial charge in [-0.1, -0.05) is 12.1 Å². The van der Waals surface area contributed by atoms with Crippen molar-refractivity contribution in [2.45, 2.75) is 0 Å². The van der Waals surface area contributed by atoms with Gasteiger partial charge < -0.3 is 4.74 Å². The van der Waals surface area contributed by atoms with Crippen LogP contribution in [0.5, 0.6) is 5.75 Å². The number of ether oxygens (including phenoxy) is 1. The van der Waals surface area contributed by atoms with Crippen LogP contribution in [0.25, 0.3) is 0 Å². The van der Waals surface area contributed by atoms with Gasteiger partial charge in [0.25, 0.3) is 0 Å². The number of hydrogen-bond acceptors (Lipinski definition) is 1. The van der Waals surface area contributed by atoms with Crippen molar-refractivity contribution in [2.75, 3.05) is 7.11 Å². The quantitative estimate of drug-likeness (QED) is 0.532. The summed E-state index contributed by atoms with van der Waals surface area (Å²) in [7, 11) is 4.28. The van der Waals surface area contributed by atoms with Crippen LogP contribution >= 0.6 is 9.24 Å². The first-order chi connectivity index (χ1) is 4.33. The molecule has 0 aliphatic rings. The van der Waals surface area contributed by atoms with E-state index in [1.165, 1.54) is 0 Å². The normalized spacial score (nSPS) is 9.11. The van der Waals surface area contributed by atoms with Crippen molar-refractivity contribution in [2.24, 2.45) is 0 Å². The Hall–Kier alpha value is -0.550. The molecule has 0 heterocycles. The lowest BCUT2D eigenvalue weighted by atomic mass is 10.3. The summed E-state index contributed by atoms with van der Waals surface area (Å²) in [6.07, 6.45) is 0. The Labute approximate surface area is 57.2 Å². The van der Waals surface area contributed by atoms with E-state index in [1.54, 1.807) is 7.11 Å². The molecule has 1 aromatic carbocycles. The first kappa shape index (κ1) is 6.57. The lowest BCUT2D eigenvalue weighted by Gasteiger charge is -1.97. The molecule has 0 aromatic heterocycles. The maximum Gasteiger partial charge on any atom is 0.119 e. The minimum Gasteiger partial charge on any atom is -0.497 e. The number of methoxy groups -OCH3 is 1. The van der Waals surface area contributed by atoms with Crippen molar-refractivity contribution < 1.29 is 4.74 Å². The van der Waals surface area contributed by atoms with Crippen molar-refractivity contribution in [3.8, 4) is 5.75 Å². The van der Waals surface area contributed by atoms with Gasteiger partial charge in [0.1, 0.15) is 5.75 Å². The summed E-state index contributed by atoms with van der Waals surface area (Å²) in [6.45, 7) is 0. The van der Waals surface area contributed by atoms with E-state index in [1.807, 2.05) is 24.3 Å². The maximum absolute atomic E-state index is 4.98. The molecule has 1 nitrogen and oxygen atoms in total. The first-order valence-corrected chi connectivity index (χ1v) is 3.30. The van der Waals surface area contributed by atoms with Crippen LogP contribution < -0.4 is 10.0 Å². The van der Waals surface area contributed by atoms with E-state index in [0.717, 1.165) is 11.1 Å². The highest BCUT2D eigenvalue weighted by Crippen LogP contribution is 2.06. The molecule has 0 radical (unpaired) electrons. The summed E-state index contributed by atoms with van der Waals surface area (Å²) in [5.41, 5.74) is 0. The zero-order valence-electron chi connectivity index (χ0n) is 5.29. The van der Waals surface area contributed by atoms with Crippen LogP contribution in [0.4, 0.5) is 0 Å². The molecule has 0 fully saturated rings. The van der Waals surface area contributed by atoms with E-state index in [-0.39, 0.29) is 0 Å². The third-order valence-electron chi connectivity index (χ3n) is 1.09. The Morgan fingerprint density at radius 1 is 1.44 bits per heavy atom. The second-order valence-electron chi connectivity index (χ2n) is 1.78. The zero-order chi connectivity index (χ0) is 6.69. The van der Waals surface area contributed by atoms with Gasteiger partial charge in [-0.05, 0) is 17.4 Å². The van der Waals surface area contributed by atoms with Crippen LogP contribution in [0, 0.1) is 0 Å². The number of rotatable bonds is 1. The predicted molar refractivity (Wildman–Crippen MR) is 42.3 cm³/mol. The fraction of sp³-hybridized carbons (Fsp3) is 0.143. The van der Waals surface area contributed by atoms with Crippen molar-refractivity contribution in [1.29, 1.82) is 0 Å². The molecule has 1 unspecified atom stereocenters. The van der Waals surface area contributed by atoms with Crippen LogP contribution in [-0.2, 0) is 0 Å². The smallest absolute Gasteiger partial charge is 0.119 e. The van der Waals surface area contributed by atoms with Crippen LogP contribution in [0.1, 0.15) is 0 Å². The number of hydrogen-bond donors (Lipinski definition) is 0. The molecule has 1 aromatic rings. The largest absolute Gasteiger partial charge is 0.497 e. The van der Waals surface area contributed by atoms with Gasteiger partial charge in [-0.3, -0.25) is 0 Å². The summed E-state index contributed by atoms with van der Waals surface area (Å²) < 4.78 is 4.98. The van der Waals surface area contributed by atoms with Gasteiger partial charge in [-0.2, -0.15) is 0 Å². The molecule has 9 heavy (non-hydrogen) atoms. The Kier molecular flexibility index (Phi) is 2.07. The molecule has 0 bridgehead atoms. The van der Waals surface area contributed by atoms with Crippen molar-refractivity contribution in [3.05, 3.63) is 24.3 Å². The van der Waals surface area contributed by atoms with E-state index < -0.39 is 0 Å². The molecular formula is C7H9OP. The fourth-order valence-electron chi connectivity index (χ4n) is 0.642.